The number of thiazole rings is 1. The van der Waals surface area contributed by atoms with Crippen LogP contribution in [0.3, 0.4) is 0 Å². The number of carbonyl (C=O) groups is 1. The SMILES string of the molecule is O=C(NC1CC1)C(Sc1nc(-c2ccc(F)cc2)cs1)c1ccccc1. The molecule has 1 amide bonds. The summed E-state index contributed by atoms with van der Waals surface area (Å²) in [6, 6.07) is 16.4. The maximum absolute atomic E-state index is 13.1. The third kappa shape index (κ3) is 4.14. The minimum atomic E-state index is -0.330. The van der Waals surface area contributed by atoms with Gasteiger partial charge in [-0.05, 0) is 42.7 Å². The van der Waals surface area contributed by atoms with Gasteiger partial charge in [-0.3, -0.25) is 4.79 Å². The molecule has 1 heterocycles. The van der Waals surface area contributed by atoms with Crippen LogP contribution in [0.15, 0.2) is 64.3 Å². The molecule has 1 saturated carbocycles. The number of carbonyl (C=O) groups excluding carboxylic acids is 1. The third-order valence-corrected chi connectivity index (χ3v) is 6.33. The number of rotatable bonds is 6. The van der Waals surface area contributed by atoms with Crippen LogP contribution in [0, 0.1) is 5.82 Å². The largest absolute Gasteiger partial charge is 0.352 e. The fourth-order valence-corrected chi connectivity index (χ4v) is 4.60. The van der Waals surface area contributed by atoms with Crippen molar-refractivity contribution in [3.8, 4) is 11.3 Å². The number of thioether (sulfide) groups is 1. The van der Waals surface area contributed by atoms with E-state index in [1.165, 1.54) is 35.2 Å². The molecule has 0 spiro atoms. The van der Waals surface area contributed by atoms with Crippen LogP contribution >= 0.6 is 23.1 Å². The zero-order valence-electron chi connectivity index (χ0n) is 13.9. The van der Waals surface area contributed by atoms with Crippen molar-refractivity contribution >= 4 is 29.0 Å². The molecule has 3 aromatic rings. The molecule has 0 radical (unpaired) electrons. The van der Waals surface area contributed by atoms with Gasteiger partial charge in [-0.25, -0.2) is 9.37 Å². The zero-order chi connectivity index (χ0) is 17.9. The lowest BCUT2D eigenvalue weighted by atomic mass is 10.1. The number of benzene rings is 2. The maximum atomic E-state index is 13.1. The first kappa shape index (κ1) is 17.2. The quantitative estimate of drug-likeness (QED) is 0.604. The van der Waals surface area contributed by atoms with E-state index < -0.39 is 0 Å². The number of hydrogen-bond acceptors (Lipinski definition) is 4. The number of nitrogens with one attached hydrogen (secondary N) is 1. The monoisotopic (exact) mass is 384 g/mol. The Labute approximate surface area is 159 Å². The van der Waals surface area contributed by atoms with Gasteiger partial charge in [0.1, 0.15) is 11.1 Å². The summed E-state index contributed by atoms with van der Waals surface area (Å²) in [4.78, 5) is 17.3. The summed E-state index contributed by atoms with van der Waals surface area (Å²) in [5, 5.41) is 4.70. The van der Waals surface area contributed by atoms with Crippen molar-refractivity contribution < 1.29 is 9.18 Å². The smallest absolute Gasteiger partial charge is 0.238 e. The fourth-order valence-electron chi connectivity index (χ4n) is 2.57. The second kappa shape index (κ2) is 7.60. The van der Waals surface area contributed by atoms with Gasteiger partial charge in [0, 0.05) is 17.0 Å². The molecule has 1 aromatic heterocycles. The van der Waals surface area contributed by atoms with Crippen LogP contribution in [0.5, 0.6) is 0 Å². The van der Waals surface area contributed by atoms with Crippen molar-refractivity contribution in [1.82, 2.24) is 10.3 Å². The first-order chi connectivity index (χ1) is 12.7. The molecule has 4 rings (SSSR count). The number of hydrogen-bond donors (Lipinski definition) is 1. The molecule has 1 N–H and O–H groups in total. The van der Waals surface area contributed by atoms with Gasteiger partial charge in [0.15, 0.2) is 4.34 Å². The maximum Gasteiger partial charge on any atom is 0.238 e. The molecular weight excluding hydrogens is 367 g/mol. The molecule has 0 bridgehead atoms. The number of halogens is 1. The Morgan fingerprint density at radius 2 is 1.88 bits per heavy atom. The average Bonchev–Trinajstić information content (AvgIpc) is 3.35. The summed E-state index contributed by atoms with van der Waals surface area (Å²) in [5.41, 5.74) is 2.63. The molecule has 0 aliphatic heterocycles. The fraction of sp³-hybridized carbons (Fsp3) is 0.200. The van der Waals surface area contributed by atoms with Crippen LogP contribution in [0.1, 0.15) is 23.7 Å². The highest BCUT2D eigenvalue weighted by Gasteiger charge is 2.29. The van der Waals surface area contributed by atoms with Gasteiger partial charge in [-0.1, -0.05) is 42.1 Å². The van der Waals surface area contributed by atoms with Gasteiger partial charge in [0.2, 0.25) is 5.91 Å². The van der Waals surface area contributed by atoms with E-state index in [9.17, 15) is 9.18 Å². The predicted molar refractivity (Wildman–Crippen MR) is 104 cm³/mol. The Morgan fingerprint density at radius 1 is 1.15 bits per heavy atom. The minimum absolute atomic E-state index is 0.0298. The summed E-state index contributed by atoms with van der Waals surface area (Å²) in [6.07, 6.45) is 2.12. The lowest BCUT2D eigenvalue weighted by Crippen LogP contribution is -2.29. The second-order valence-corrected chi connectivity index (χ2v) is 8.41. The van der Waals surface area contributed by atoms with Crippen LogP contribution in [-0.4, -0.2) is 16.9 Å². The zero-order valence-corrected chi connectivity index (χ0v) is 15.5. The van der Waals surface area contributed by atoms with Gasteiger partial charge >= 0.3 is 0 Å². The van der Waals surface area contributed by atoms with Crippen molar-refractivity contribution in [2.24, 2.45) is 0 Å². The standard InChI is InChI=1S/C20H17FN2OS2/c21-15-8-6-13(7-9-15)17-12-25-20(23-17)26-18(14-4-2-1-3-5-14)19(24)22-16-10-11-16/h1-9,12,16,18H,10-11H2,(H,22,24). The first-order valence-corrected chi connectivity index (χ1v) is 10.2. The van der Waals surface area contributed by atoms with Gasteiger partial charge < -0.3 is 5.32 Å². The number of aromatic nitrogens is 1. The molecular formula is C20H17FN2OS2. The lowest BCUT2D eigenvalue weighted by Gasteiger charge is -2.15. The second-order valence-electron chi connectivity index (χ2n) is 6.20. The van der Waals surface area contributed by atoms with E-state index in [4.69, 9.17) is 0 Å². The summed E-state index contributed by atoms with van der Waals surface area (Å²) in [7, 11) is 0. The van der Waals surface area contributed by atoms with E-state index in [0.717, 1.165) is 34.0 Å². The average molecular weight is 385 g/mol. The number of amides is 1. The van der Waals surface area contributed by atoms with E-state index in [-0.39, 0.29) is 17.0 Å². The molecule has 132 valence electrons. The summed E-state index contributed by atoms with van der Waals surface area (Å²) in [6.45, 7) is 0. The first-order valence-electron chi connectivity index (χ1n) is 8.42. The third-order valence-electron chi connectivity index (χ3n) is 4.11. The van der Waals surface area contributed by atoms with Crippen LogP contribution in [-0.2, 0) is 4.79 Å². The molecule has 1 aliphatic carbocycles. The Kier molecular flexibility index (Phi) is 5.04. The van der Waals surface area contributed by atoms with Crippen LogP contribution in [0.4, 0.5) is 4.39 Å². The molecule has 6 heteroatoms. The predicted octanol–water partition coefficient (Wildman–Crippen LogP) is 5.06. The van der Waals surface area contributed by atoms with Gasteiger partial charge in [0.05, 0.1) is 5.69 Å². The molecule has 1 atom stereocenters. The van der Waals surface area contributed by atoms with Crippen molar-refractivity contribution in [3.05, 3.63) is 71.4 Å². The van der Waals surface area contributed by atoms with Crippen LogP contribution in [0.25, 0.3) is 11.3 Å². The Balaban J connectivity index is 1.55. The highest BCUT2D eigenvalue weighted by atomic mass is 32.2. The summed E-state index contributed by atoms with van der Waals surface area (Å²) in [5.74, 6) is -0.235. The molecule has 1 fully saturated rings. The van der Waals surface area contributed by atoms with Gasteiger partial charge in [-0.15, -0.1) is 11.3 Å². The van der Waals surface area contributed by atoms with Crippen molar-refractivity contribution in [1.29, 1.82) is 0 Å². The normalized spacial score (nSPS) is 14.8. The topological polar surface area (TPSA) is 42.0 Å². The highest BCUT2D eigenvalue weighted by Crippen LogP contribution is 2.39. The van der Waals surface area contributed by atoms with E-state index in [2.05, 4.69) is 10.3 Å². The summed E-state index contributed by atoms with van der Waals surface area (Å²) >= 11 is 2.96. The van der Waals surface area contributed by atoms with Gasteiger partial charge in [0.25, 0.3) is 0 Å². The summed E-state index contributed by atoms with van der Waals surface area (Å²) < 4.78 is 13.9. The molecule has 2 aromatic carbocycles. The Bertz CT molecular complexity index is 892. The van der Waals surface area contributed by atoms with E-state index >= 15 is 0 Å². The number of nitrogens with zero attached hydrogens (tertiary/aromatic N) is 1. The highest BCUT2D eigenvalue weighted by molar-refractivity contribution is 8.01. The molecule has 0 saturated heterocycles. The minimum Gasteiger partial charge on any atom is -0.352 e. The van der Waals surface area contributed by atoms with E-state index in [1.807, 2.05) is 35.7 Å². The lowest BCUT2D eigenvalue weighted by molar-refractivity contribution is -0.120. The Morgan fingerprint density at radius 3 is 2.58 bits per heavy atom. The van der Waals surface area contributed by atoms with Crippen molar-refractivity contribution in [2.75, 3.05) is 0 Å². The molecule has 3 nitrogen and oxygen atoms in total. The van der Waals surface area contributed by atoms with Gasteiger partial charge in [-0.2, -0.15) is 0 Å². The van der Waals surface area contributed by atoms with E-state index in [1.54, 1.807) is 12.1 Å². The molecule has 26 heavy (non-hydrogen) atoms. The van der Waals surface area contributed by atoms with Crippen molar-refractivity contribution in [3.63, 3.8) is 0 Å². The van der Waals surface area contributed by atoms with Crippen molar-refractivity contribution in [2.45, 2.75) is 28.5 Å². The Hall–Kier alpha value is -2.18. The molecule has 1 unspecified atom stereocenters. The van der Waals surface area contributed by atoms with Crippen LogP contribution < -0.4 is 5.32 Å². The molecule has 1 aliphatic rings. The van der Waals surface area contributed by atoms with Crippen LogP contribution in [0.2, 0.25) is 0 Å². The van der Waals surface area contributed by atoms with E-state index in [0.29, 0.717) is 6.04 Å².